The Balaban J connectivity index is 1.16. The number of benzene rings is 2. The number of halogens is 3. The van der Waals surface area contributed by atoms with Gasteiger partial charge in [-0.1, -0.05) is 47.5 Å². The maximum atomic E-state index is 15.7. The molecule has 4 aromatic rings. The van der Waals surface area contributed by atoms with E-state index in [2.05, 4.69) is 31.2 Å². The molecule has 0 aliphatic carbocycles. The Morgan fingerprint density at radius 2 is 1.78 bits per heavy atom. The molecule has 0 unspecified atom stereocenters. The third-order valence-corrected chi connectivity index (χ3v) is 10.1. The third-order valence-electron chi connectivity index (χ3n) is 9.27. The topological polar surface area (TPSA) is 121 Å². The zero-order chi connectivity index (χ0) is 35.2. The molecule has 10 nitrogen and oxygen atoms in total. The molecule has 0 bridgehead atoms. The minimum absolute atomic E-state index is 0.0610. The number of rotatable bonds is 12. The highest BCUT2D eigenvalue weighted by Gasteiger charge is 2.23. The molecule has 4 N–H and O–H groups in total. The molecular weight excluding hydrogens is 680 g/mol. The van der Waals surface area contributed by atoms with Crippen molar-refractivity contribution in [2.75, 3.05) is 32.1 Å². The van der Waals surface area contributed by atoms with Gasteiger partial charge in [0.25, 0.3) is 0 Å². The molecule has 2 saturated heterocycles. The summed E-state index contributed by atoms with van der Waals surface area (Å²) >= 11 is 13.9. The summed E-state index contributed by atoms with van der Waals surface area (Å²) in [6.45, 7) is 4.55. The van der Waals surface area contributed by atoms with Crippen LogP contribution in [-0.2, 0) is 22.7 Å². The van der Waals surface area contributed by atoms with Crippen molar-refractivity contribution in [3.63, 3.8) is 0 Å². The second kappa shape index (κ2) is 16.2. The number of piperidine rings is 1. The monoisotopic (exact) mass is 719 g/mol. The predicted molar refractivity (Wildman–Crippen MR) is 194 cm³/mol. The summed E-state index contributed by atoms with van der Waals surface area (Å²) in [6.07, 6.45) is 6.27. The summed E-state index contributed by atoms with van der Waals surface area (Å²) in [5.74, 6) is 0.450. The average Bonchev–Trinajstić information content (AvgIpc) is 3.54. The van der Waals surface area contributed by atoms with E-state index < -0.39 is 5.82 Å². The lowest BCUT2D eigenvalue weighted by atomic mass is 10.0. The number of hydrogen-bond acceptors (Lipinski definition) is 8. The van der Waals surface area contributed by atoms with E-state index in [1.165, 1.54) is 0 Å². The Labute approximate surface area is 301 Å². The first-order valence-corrected chi connectivity index (χ1v) is 17.5. The molecule has 262 valence electrons. The van der Waals surface area contributed by atoms with Crippen LogP contribution in [-0.4, -0.2) is 65.5 Å². The number of aromatic nitrogens is 2. The minimum Gasteiger partial charge on any atom is -0.496 e. The van der Waals surface area contributed by atoms with Crippen molar-refractivity contribution in [2.24, 2.45) is 0 Å². The largest absolute Gasteiger partial charge is 0.496 e. The molecule has 0 radical (unpaired) electrons. The first kappa shape index (κ1) is 35.5. The van der Waals surface area contributed by atoms with Crippen LogP contribution in [0.25, 0.3) is 22.4 Å². The van der Waals surface area contributed by atoms with Crippen molar-refractivity contribution < 1.29 is 18.7 Å². The second-order valence-corrected chi connectivity index (χ2v) is 13.3. The van der Waals surface area contributed by atoms with Crippen LogP contribution in [0.5, 0.6) is 5.75 Å². The number of anilines is 2. The van der Waals surface area contributed by atoms with Crippen LogP contribution in [0, 0.1) is 5.82 Å². The van der Waals surface area contributed by atoms with Crippen LogP contribution in [0.4, 0.5) is 15.9 Å². The fourth-order valence-corrected chi connectivity index (χ4v) is 7.02. The molecule has 0 spiro atoms. The smallest absolute Gasteiger partial charge is 0.220 e. The fourth-order valence-electron chi connectivity index (χ4n) is 6.43. The molecule has 0 saturated carbocycles. The molecule has 50 heavy (non-hydrogen) atoms. The summed E-state index contributed by atoms with van der Waals surface area (Å²) < 4.78 is 21.4. The van der Waals surface area contributed by atoms with Crippen LogP contribution >= 0.6 is 23.2 Å². The number of hydrogen-bond donors (Lipinski definition) is 4. The number of nitrogens with one attached hydrogen (secondary N) is 4. The van der Waals surface area contributed by atoms with E-state index >= 15 is 4.39 Å². The molecule has 4 heterocycles. The van der Waals surface area contributed by atoms with Gasteiger partial charge in [0.2, 0.25) is 11.8 Å². The first-order valence-electron chi connectivity index (χ1n) is 16.7. The highest BCUT2D eigenvalue weighted by atomic mass is 35.5. The Morgan fingerprint density at radius 1 is 1.00 bits per heavy atom. The van der Waals surface area contributed by atoms with E-state index in [0.717, 1.165) is 30.4 Å². The van der Waals surface area contributed by atoms with E-state index in [1.54, 1.807) is 44.6 Å². The van der Waals surface area contributed by atoms with Crippen LogP contribution in [0.3, 0.4) is 0 Å². The second-order valence-electron chi connectivity index (χ2n) is 12.6. The SMILES string of the molecule is COc1cc(-c2nccc(-c3cccc(Nc4nccc(CNC5CCN(C(C)=O)CC5)c4F)c3Cl)c2Cl)ccc1CNC[C@H]1CCC(=O)N1. The van der Waals surface area contributed by atoms with Crippen LogP contribution in [0.2, 0.25) is 10.0 Å². The van der Waals surface area contributed by atoms with Gasteiger partial charge in [-0.2, -0.15) is 0 Å². The van der Waals surface area contributed by atoms with Crippen molar-refractivity contribution in [1.82, 2.24) is 30.8 Å². The number of likely N-dealkylation sites (tertiary alicyclic amines) is 1. The van der Waals surface area contributed by atoms with Crippen molar-refractivity contribution in [3.05, 3.63) is 87.9 Å². The number of ether oxygens (including phenoxy) is 1. The summed E-state index contributed by atoms with van der Waals surface area (Å²) in [5.41, 5.74) is 4.55. The third kappa shape index (κ3) is 8.18. The Hall–Kier alpha value is -4.29. The summed E-state index contributed by atoms with van der Waals surface area (Å²) in [4.78, 5) is 33.8. The normalized spacial score (nSPS) is 16.4. The van der Waals surface area contributed by atoms with Crippen molar-refractivity contribution in [1.29, 1.82) is 0 Å². The number of pyridine rings is 2. The van der Waals surface area contributed by atoms with E-state index in [9.17, 15) is 9.59 Å². The van der Waals surface area contributed by atoms with Crippen LogP contribution in [0.1, 0.15) is 43.7 Å². The van der Waals surface area contributed by atoms with E-state index in [0.29, 0.717) is 83.0 Å². The summed E-state index contributed by atoms with van der Waals surface area (Å²) in [5, 5.41) is 13.6. The Morgan fingerprint density at radius 3 is 2.52 bits per heavy atom. The molecule has 6 rings (SSSR count). The van der Waals surface area contributed by atoms with Gasteiger partial charge in [0, 0.05) is 98.4 Å². The van der Waals surface area contributed by atoms with Gasteiger partial charge in [-0.05, 0) is 43.5 Å². The van der Waals surface area contributed by atoms with E-state index in [4.69, 9.17) is 27.9 Å². The summed E-state index contributed by atoms with van der Waals surface area (Å²) in [7, 11) is 1.62. The minimum atomic E-state index is -0.468. The highest BCUT2D eigenvalue weighted by molar-refractivity contribution is 6.39. The number of carbonyl (C=O) groups is 2. The van der Waals surface area contributed by atoms with Gasteiger partial charge in [-0.3, -0.25) is 14.6 Å². The van der Waals surface area contributed by atoms with Gasteiger partial charge >= 0.3 is 0 Å². The molecule has 2 fully saturated rings. The quantitative estimate of drug-likeness (QED) is 0.131. The van der Waals surface area contributed by atoms with Gasteiger partial charge in [0.05, 0.1) is 28.5 Å². The first-order chi connectivity index (χ1) is 24.2. The molecule has 2 aliphatic rings. The number of nitrogens with zero attached hydrogens (tertiary/aromatic N) is 3. The average molecular weight is 721 g/mol. The van der Waals surface area contributed by atoms with Crippen molar-refractivity contribution >= 4 is 46.5 Å². The molecule has 1 atom stereocenters. The maximum absolute atomic E-state index is 15.7. The lowest BCUT2D eigenvalue weighted by molar-refractivity contribution is -0.130. The van der Waals surface area contributed by atoms with Crippen LogP contribution in [0.15, 0.2) is 60.9 Å². The zero-order valence-corrected chi connectivity index (χ0v) is 29.5. The Kier molecular flexibility index (Phi) is 11.5. The fraction of sp³-hybridized carbons (Fsp3) is 0.351. The van der Waals surface area contributed by atoms with Gasteiger partial charge in [0.1, 0.15) is 5.75 Å². The van der Waals surface area contributed by atoms with Gasteiger partial charge in [0.15, 0.2) is 11.6 Å². The maximum Gasteiger partial charge on any atom is 0.220 e. The van der Waals surface area contributed by atoms with E-state index in [-0.39, 0.29) is 29.7 Å². The Bertz CT molecular complexity index is 1870. The zero-order valence-electron chi connectivity index (χ0n) is 28.0. The lowest BCUT2D eigenvalue weighted by Crippen LogP contribution is -2.44. The predicted octanol–water partition coefficient (Wildman–Crippen LogP) is 6.48. The van der Waals surface area contributed by atoms with Gasteiger partial charge in [-0.25, -0.2) is 9.37 Å². The molecule has 2 aromatic heterocycles. The molecule has 2 aliphatic heterocycles. The van der Waals surface area contributed by atoms with Crippen molar-refractivity contribution in [3.8, 4) is 28.1 Å². The van der Waals surface area contributed by atoms with Crippen LogP contribution < -0.4 is 26.0 Å². The number of carbonyl (C=O) groups excluding carboxylic acids is 2. The standard InChI is InChI=1S/C37H40Cl2FN7O3/c1-22(48)47-16-12-26(13-17-47)44-20-25-10-14-43-37(35(25)40)46-30-5-3-4-28(33(30)38)29-11-15-42-36(34(29)39)23-6-7-24(31(18-23)50-2)19-41-21-27-8-9-32(49)45-27/h3-7,10-11,14-15,18,26-27,41,44H,8-9,12-13,16-17,19-21H2,1-2H3,(H,43,46)(H,45,49)/t27-/m1/s1. The van der Waals surface area contributed by atoms with E-state index in [1.807, 2.05) is 35.2 Å². The van der Waals surface area contributed by atoms with Gasteiger partial charge < -0.3 is 30.9 Å². The highest BCUT2D eigenvalue weighted by Crippen LogP contribution is 2.42. The number of methoxy groups -OCH3 is 1. The molecule has 2 amide bonds. The van der Waals surface area contributed by atoms with Crippen molar-refractivity contribution in [2.45, 2.75) is 57.8 Å². The van der Waals surface area contributed by atoms with Gasteiger partial charge in [-0.15, -0.1) is 0 Å². The molecule has 2 aromatic carbocycles. The lowest BCUT2D eigenvalue weighted by Gasteiger charge is -2.31. The molecular formula is C37H40Cl2FN7O3. The summed E-state index contributed by atoms with van der Waals surface area (Å²) in [6, 6.07) is 15.0. The molecule has 13 heteroatoms. The number of amides is 2.